The van der Waals surface area contributed by atoms with Crippen molar-refractivity contribution in [2.24, 2.45) is 0 Å². The minimum atomic E-state index is -0.612. The predicted octanol–water partition coefficient (Wildman–Crippen LogP) is 17.9. The molecule has 0 amide bonds. The summed E-state index contributed by atoms with van der Waals surface area (Å²) in [7, 11) is 0. The zero-order valence-electron chi connectivity index (χ0n) is 38.3. The van der Waals surface area contributed by atoms with Crippen molar-refractivity contribution in [3.05, 3.63) is 317 Å². The van der Waals surface area contributed by atoms with Crippen molar-refractivity contribution in [3.8, 4) is 33.4 Å². The lowest BCUT2D eigenvalue weighted by Crippen LogP contribution is -2.44. The molecule has 1 heterocycles. The van der Waals surface area contributed by atoms with Crippen LogP contribution in [0.2, 0.25) is 0 Å². The van der Waals surface area contributed by atoms with Crippen molar-refractivity contribution in [1.82, 2.24) is 0 Å². The van der Waals surface area contributed by atoms with Crippen LogP contribution in [-0.2, 0) is 10.8 Å². The lowest BCUT2D eigenvalue weighted by Gasteiger charge is -2.50. The largest absolute Gasteiger partial charge is 0.310 e. The van der Waals surface area contributed by atoms with Crippen LogP contribution >= 0.6 is 11.3 Å². The maximum Gasteiger partial charge on any atom is 0.0720 e. The maximum absolute atomic E-state index is 2.49. The van der Waals surface area contributed by atoms with Crippen LogP contribution < -0.4 is 4.90 Å². The van der Waals surface area contributed by atoms with Gasteiger partial charge in [0.25, 0.3) is 0 Å². The van der Waals surface area contributed by atoms with Gasteiger partial charge in [0.05, 0.1) is 16.5 Å². The Balaban J connectivity index is 1.00. The maximum atomic E-state index is 2.49. The summed E-state index contributed by atoms with van der Waals surface area (Å²) in [6.45, 7) is 0. The van der Waals surface area contributed by atoms with Crippen molar-refractivity contribution in [2.75, 3.05) is 4.90 Å². The van der Waals surface area contributed by atoms with Crippen molar-refractivity contribution in [3.63, 3.8) is 0 Å². The molecule has 0 radical (unpaired) electrons. The molecule has 2 aliphatic rings. The Morgan fingerprint density at radius 1 is 0.286 bits per heavy atom. The molecular formula is C68H45NS. The Labute approximate surface area is 412 Å². The number of nitrogens with zero attached hydrogens (tertiary/aromatic N) is 1. The molecule has 70 heavy (non-hydrogen) atoms. The molecule has 0 bridgehead atoms. The molecule has 1 nitrogen and oxygen atoms in total. The van der Waals surface area contributed by atoms with E-state index in [0.717, 1.165) is 17.1 Å². The van der Waals surface area contributed by atoms with Gasteiger partial charge in [0, 0.05) is 37.1 Å². The Morgan fingerprint density at radius 3 is 1.34 bits per heavy atom. The first-order chi connectivity index (χ1) is 34.7. The van der Waals surface area contributed by atoms with Crippen LogP contribution in [0.5, 0.6) is 0 Å². The second-order valence-corrected chi connectivity index (χ2v) is 19.8. The number of hydrogen-bond donors (Lipinski definition) is 0. The first-order valence-electron chi connectivity index (χ1n) is 24.2. The van der Waals surface area contributed by atoms with Gasteiger partial charge in [-0.2, -0.15) is 0 Å². The monoisotopic (exact) mass is 907 g/mol. The van der Waals surface area contributed by atoms with Gasteiger partial charge in [0.2, 0.25) is 0 Å². The van der Waals surface area contributed by atoms with E-state index in [9.17, 15) is 0 Å². The van der Waals surface area contributed by atoms with E-state index in [1.165, 1.54) is 98.1 Å². The second-order valence-electron chi connectivity index (χ2n) is 18.7. The summed E-state index contributed by atoms with van der Waals surface area (Å²) < 4.78 is 2.64. The summed E-state index contributed by atoms with van der Waals surface area (Å²) >= 11 is 1.86. The molecular weight excluding hydrogens is 863 g/mol. The molecule has 2 heteroatoms. The first-order valence-corrected chi connectivity index (χ1v) is 25.1. The molecule has 1 spiro atoms. The highest BCUT2D eigenvalue weighted by Crippen LogP contribution is 2.66. The lowest BCUT2D eigenvalue weighted by molar-refractivity contribution is 0.623. The number of benzene rings is 11. The summed E-state index contributed by atoms with van der Waals surface area (Å²) in [5.41, 5.74) is 19.8. The molecule has 0 saturated carbocycles. The van der Waals surface area contributed by atoms with Crippen LogP contribution in [0.25, 0.3) is 53.6 Å². The number of thiophene rings is 1. The van der Waals surface area contributed by atoms with Crippen LogP contribution in [0.4, 0.5) is 17.1 Å². The van der Waals surface area contributed by atoms with E-state index in [0.29, 0.717) is 0 Å². The topological polar surface area (TPSA) is 3.24 Å². The van der Waals surface area contributed by atoms with Crippen LogP contribution in [0, 0.1) is 0 Å². The van der Waals surface area contributed by atoms with E-state index in [1.54, 1.807) is 0 Å². The lowest BCUT2D eigenvalue weighted by atomic mass is 9.51. The zero-order chi connectivity index (χ0) is 46.2. The van der Waals surface area contributed by atoms with Crippen LogP contribution in [0.15, 0.2) is 273 Å². The van der Waals surface area contributed by atoms with Crippen molar-refractivity contribution < 1.29 is 0 Å². The summed E-state index contributed by atoms with van der Waals surface area (Å²) in [5.74, 6) is 0. The number of rotatable bonds is 7. The first kappa shape index (κ1) is 40.5. The van der Waals surface area contributed by atoms with E-state index in [2.05, 4.69) is 278 Å². The van der Waals surface area contributed by atoms with Gasteiger partial charge in [-0.3, -0.25) is 0 Å². The van der Waals surface area contributed by atoms with E-state index >= 15 is 0 Å². The normalized spacial score (nSPS) is 13.7. The molecule has 0 saturated heterocycles. The van der Waals surface area contributed by atoms with Crippen LogP contribution in [0.3, 0.4) is 0 Å². The zero-order valence-corrected chi connectivity index (χ0v) is 39.2. The summed E-state index contributed by atoms with van der Waals surface area (Å²) in [6, 6.07) is 102. The van der Waals surface area contributed by atoms with Crippen molar-refractivity contribution >= 4 is 48.6 Å². The van der Waals surface area contributed by atoms with Gasteiger partial charge >= 0.3 is 0 Å². The average Bonchev–Trinajstić information content (AvgIpc) is 3.97. The van der Waals surface area contributed by atoms with Gasteiger partial charge in [-0.15, -0.1) is 11.3 Å². The quantitative estimate of drug-likeness (QED) is 0.154. The fourth-order valence-corrected chi connectivity index (χ4v) is 13.5. The Kier molecular flexibility index (Phi) is 9.27. The molecule has 12 aromatic rings. The number of hydrogen-bond acceptors (Lipinski definition) is 2. The fraction of sp³-hybridized carbons (Fsp3) is 0.0294. The van der Waals surface area contributed by atoms with Gasteiger partial charge in [-0.1, -0.05) is 224 Å². The van der Waals surface area contributed by atoms with E-state index in [4.69, 9.17) is 0 Å². The molecule has 0 aliphatic heterocycles. The summed E-state index contributed by atoms with van der Waals surface area (Å²) in [5, 5.41) is 2.63. The van der Waals surface area contributed by atoms with E-state index in [1.807, 2.05) is 11.3 Å². The molecule has 0 atom stereocenters. The van der Waals surface area contributed by atoms with Gasteiger partial charge in [0.1, 0.15) is 0 Å². The van der Waals surface area contributed by atoms with Gasteiger partial charge in [-0.05, 0) is 121 Å². The average molecular weight is 908 g/mol. The molecule has 0 fully saturated rings. The standard InChI is InChI=1S/C68H45NS/c1-4-19-46(20-5-1)47-35-40-52(41-36-47)69(53-42-37-48(38-43-53)49-39-44-65-56(45-49)54-25-11-17-34-64(54)70-65)63-33-18-32-62-66(63)55-26-10-12-27-57(55)68(62)60-30-15-13-28-58(60)67(50-21-6-2-7-22-50,51-23-8-3-9-24-51)59-29-14-16-31-61(59)68/h1-45H. The highest BCUT2D eigenvalue weighted by atomic mass is 32.1. The molecule has 1 aromatic heterocycles. The summed E-state index contributed by atoms with van der Waals surface area (Å²) in [4.78, 5) is 2.49. The molecule has 14 rings (SSSR count). The highest BCUT2D eigenvalue weighted by Gasteiger charge is 2.57. The number of fused-ring (bicyclic) bond motifs is 12. The fourth-order valence-electron chi connectivity index (χ4n) is 12.4. The predicted molar refractivity (Wildman–Crippen MR) is 294 cm³/mol. The molecule has 328 valence electrons. The third-order valence-corrected chi connectivity index (χ3v) is 16.4. The van der Waals surface area contributed by atoms with Crippen LogP contribution in [-0.4, -0.2) is 0 Å². The molecule has 0 unspecified atom stereocenters. The van der Waals surface area contributed by atoms with Gasteiger partial charge in [-0.25, -0.2) is 0 Å². The Bertz CT molecular complexity index is 3840. The minimum absolute atomic E-state index is 0.564. The molecule has 11 aromatic carbocycles. The third kappa shape index (κ3) is 5.84. The van der Waals surface area contributed by atoms with Crippen LogP contribution in [0.1, 0.15) is 44.5 Å². The Morgan fingerprint density at radius 2 is 0.729 bits per heavy atom. The summed E-state index contributed by atoms with van der Waals surface area (Å²) in [6.07, 6.45) is 0. The third-order valence-electron chi connectivity index (χ3n) is 15.2. The minimum Gasteiger partial charge on any atom is -0.310 e. The van der Waals surface area contributed by atoms with E-state index in [-0.39, 0.29) is 0 Å². The van der Waals surface area contributed by atoms with Crippen molar-refractivity contribution in [2.45, 2.75) is 10.8 Å². The highest BCUT2D eigenvalue weighted by molar-refractivity contribution is 7.25. The molecule has 0 N–H and O–H groups in total. The van der Waals surface area contributed by atoms with E-state index < -0.39 is 10.8 Å². The van der Waals surface area contributed by atoms with Crippen molar-refractivity contribution in [1.29, 1.82) is 0 Å². The SMILES string of the molecule is c1ccc(-c2ccc(N(c3ccc(-c4ccc5sc6ccccc6c5c4)cc3)c3cccc4c3-c3ccccc3C43c4ccccc4C(c4ccccc4)(c4ccccc4)c4ccccc43)cc2)cc1. The smallest absolute Gasteiger partial charge is 0.0720 e. The molecule has 2 aliphatic carbocycles. The van der Waals surface area contributed by atoms with Gasteiger partial charge < -0.3 is 4.90 Å². The Hall–Kier alpha value is -8.56. The van der Waals surface area contributed by atoms with Gasteiger partial charge in [0.15, 0.2) is 0 Å². The number of anilines is 3. The second kappa shape index (κ2) is 16.0.